The zero-order valence-corrected chi connectivity index (χ0v) is 25.0. The summed E-state index contributed by atoms with van der Waals surface area (Å²) in [6.07, 6.45) is 0.0699. The van der Waals surface area contributed by atoms with E-state index in [0.717, 1.165) is 10.0 Å². The van der Waals surface area contributed by atoms with E-state index in [1.54, 1.807) is 19.0 Å². The number of primary amides is 1. The quantitative estimate of drug-likeness (QED) is 0.0674. The number of nitrogens with one attached hydrogen (secondary N) is 1. The van der Waals surface area contributed by atoms with Crippen molar-refractivity contribution in [3.05, 3.63) is 34.1 Å². The van der Waals surface area contributed by atoms with E-state index < -0.39 is 63.8 Å². The van der Waals surface area contributed by atoms with Crippen molar-refractivity contribution in [2.45, 2.75) is 38.3 Å². The maximum Gasteiger partial charge on any atom is 0.255 e. The zero-order chi connectivity index (χ0) is 32.5. The van der Waals surface area contributed by atoms with Crippen molar-refractivity contribution >= 4 is 40.6 Å². The summed E-state index contributed by atoms with van der Waals surface area (Å²) in [5, 5.41) is 56.3. The van der Waals surface area contributed by atoms with E-state index >= 15 is 0 Å². The minimum Gasteiger partial charge on any atom is -0.508 e. The maximum absolute atomic E-state index is 14.1. The number of aliphatic hydroxyl groups is 3. The van der Waals surface area contributed by atoms with Crippen LogP contribution in [0.2, 0.25) is 0 Å². The number of aliphatic hydroxyl groups excluding tert-OH is 2. The van der Waals surface area contributed by atoms with Gasteiger partial charge in [0.05, 0.1) is 11.6 Å². The van der Waals surface area contributed by atoms with Gasteiger partial charge in [-0.15, -0.1) is 0 Å². The molecule has 0 heterocycles. The molecule has 0 bridgehead atoms. The Kier molecular flexibility index (Phi) is 7.99. The number of hydrogen-bond acceptors (Lipinski definition) is 12. The molecule has 1 aromatic carbocycles. The van der Waals surface area contributed by atoms with E-state index in [9.17, 15) is 34.8 Å². The molecule has 11 N–H and O–H groups in total. The van der Waals surface area contributed by atoms with E-state index in [1.165, 1.54) is 25.1 Å². The number of fused-ring (bicyclic) bond motifs is 3. The molecule has 43 heavy (non-hydrogen) atoms. The van der Waals surface area contributed by atoms with Crippen LogP contribution < -0.4 is 27.3 Å². The van der Waals surface area contributed by atoms with Crippen molar-refractivity contribution in [3.63, 3.8) is 0 Å². The molecule has 0 saturated heterocycles. The molecule has 0 radical (unpaired) electrons. The lowest BCUT2D eigenvalue weighted by atomic mass is 9.57. The number of carbonyl (C=O) groups is 3. The van der Waals surface area contributed by atoms with E-state index in [0.29, 0.717) is 11.3 Å². The van der Waals surface area contributed by atoms with Gasteiger partial charge in [0.15, 0.2) is 17.1 Å². The van der Waals surface area contributed by atoms with Gasteiger partial charge < -0.3 is 31.1 Å². The van der Waals surface area contributed by atoms with E-state index in [2.05, 4.69) is 0 Å². The summed E-state index contributed by atoms with van der Waals surface area (Å²) in [7, 11) is 6.54. The molecule has 0 aliphatic heterocycles. The molecular weight excluding hydrogens is 560 g/mol. The Labute approximate surface area is 248 Å². The fraction of sp³-hybridized carbons (Fsp3) is 0.500. The first-order chi connectivity index (χ1) is 19.9. The highest BCUT2D eigenvalue weighted by Gasteiger charge is 2.64. The molecule has 0 unspecified atom stereocenters. The average molecular weight is 601 g/mol. The number of phenols is 1. The lowest BCUT2D eigenvalue weighted by Crippen LogP contribution is -2.65. The lowest BCUT2D eigenvalue weighted by Gasteiger charge is -2.50. The number of aromatic hydroxyl groups is 1. The number of anilines is 2. The minimum atomic E-state index is -2.75. The van der Waals surface area contributed by atoms with Crippen LogP contribution in [0.3, 0.4) is 0 Å². The largest absolute Gasteiger partial charge is 0.508 e. The topological polar surface area (TPSA) is 247 Å². The van der Waals surface area contributed by atoms with Gasteiger partial charge >= 0.3 is 0 Å². The SMILES string of the molecule is CC(C)CN(N)C(=N)N(N)c1cc(N(C)C)c2c(c1O)C(O)=C1C(=O)[C@]3(O)C(O)=C(C(N)=O)C(=O)[C@@H](N(C)C)[C@@H]3C[C@@H]1C2. The van der Waals surface area contributed by atoms with Gasteiger partial charge in [-0.3, -0.25) is 29.7 Å². The fourth-order valence-corrected chi connectivity index (χ4v) is 6.59. The average Bonchev–Trinajstić information content (AvgIpc) is 2.89. The molecule has 4 atom stereocenters. The first-order valence-electron chi connectivity index (χ1n) is 13.7. The molecule has 1 amide bonds. The Balaban J connectivity index is 1.95. The molecule has 3 aliphatic rings. The summed E-state index contributed by atoms with van der Waals surface area (Å²) in [5.74, 6) is 4.46. The Bertz CT molecular complexity index is 1480. The number of carbonyl (C=O) groups excluding carboxylic acids is 3. The number of nitrogens with zero attached hydrogens (tertiary/aromatic N) is 4. The Hall–Kier alpha value is -4.18. The first-order valence-corrected chi connectivity index (χ1v) is 13.7. The smallest absolute Gasteiger partial charge is 0.255 e. The summed E-state index contributed by atoms with van der Waals surface area (Å²) in [6.45, 7) is 4.08. The first kappa shape index (κ1) is 31.7. The van der Waals surface area contributed by atoms with Crippen LogP contribution in [-0.4, -0.2) is 100 Å². The van der Waals surface area contributed by atoms with Gasteiger partial charge in [-0.1, -0.05) is 13.8 Å². The molecule has 4 rings (SSSR count). The van der Waals surface area contributed by atoms with Crippen LogP contribution in [-0.2, 0) is 20.8 Å². The highest BCUT2D eigenvalue weighted by molar-refractivity contribution is 6.24. The number of likely N-dealkylation sites (N-methyl/N-ethyl adjacent to an activating group) is 1. The Morgan fingerprint density at radius 3 is 2.23 bits per heavy atom. The number of amides is 1. The lowest BCUT2D eigenvalue weighted by molar-refractivity contribution is -0.153. The Morgan fingerprint density at radius 2 is 1.72 bits per heavy atom. The number of ketones is 2. The number of guanidine groups is 1. The second-order valence-corrected chi connectivity index (χ2v) is 12.2. The minimum absolute atomic E-state index is 0.0356. The molecule has 0 aromatic heterocycles. The molecule has 15 heteroatoms. The molecule has 234 valence electrons. The van der Waals surface area contributed by atoms with Crippen LogP contribution in [0, 0.1) is 23.2 Å². The van der Waals surface area contributed by atoms with E-state index in [4.69, 9.17) is 22.8 Å². The van der Waals surface area contributed by atoms with Crippen LogP contribution in [0.25, 0.3) is 5.76 Å². The monoisotopic (exact) mass is 600 g/mol. The second-order valence-electron chi connectivity index (χ2n) is 12.2. The van der Waals surface area contributed by atoms with Gasteiger partial charge in [0.1, 0.15) is 22.8 Å². The maximum atomic E-state index is 14.1. The third-order valence-electron chi connectivity index (χ3n) is 8.48. The molecule has 1 saturated carbocycles. The van der Waals surface area contributed by atoms with Gasteiger partial charge in [-0.2, -0.15) is 0 Å². The Morgan fingerprint density at radius 1 is 1.12 bits per heavy atom. The molecule has 15 nitrogen and oxygen atoms in total. The number of phenolic OH excluding ortho intramolecular Hbond substituents is 1. The number of Topliss-reactive ketones (excluding diaryl/α,β-unsaturated/α-hetero) is 2. The molecule has 1 aromatic rings. The van der Waals surface area contributed by atoms with Crippen molar-refractivity contribution in [1.29, 1.82) is 5.41 Å². The standard InChI is InChI=1S/C28H40N8O7/c1-11(2)10-35(31)27(30)36(32)16-9-15(33(3)4)13-7-12-8-14-20(34(5)6)23(39)19(26(29)42)25(41)28(14,43)24(40)17(12)22(38)18(13)21(16)37/h9,11-12,14,20,30,37-38,41,43H,7-8,10,31-32H2,1-6H3,(H2,29,42)/t12-,14-,20-,28-/m0/s1. The van der Waals surface area contributed by atoms with Gasteiger partial charge in [0, 0.05) is 37.8 Å². The third-order valence-corrected chi connectivity index (χ3v) is 8.48. The highest BCUT2D eigenvalue weighted by Crippen LogP contribution is 2.54. The normalized spacial score (nSPS) is 25.0. The van der Waals surface area contributed by atoms with Crippen LogP contribution in [0.4, 0.5) is 11.4 Å². The van der Waals surface area contributed by atoms with Crippen molar-refractivity contribution < 1.29 is 34.8 Å². The van der Waals surface area contributed by atoms with Gasteiger partial charge in [-0.25, -0.2) is 16.7 Å². The number of rotatable bonds is 6. The van der Waals surface area contributed by atoms with Crippen LogP contribution in [0.5, 0.6) is 5.75 Å². The van der Waals surface area contributed by atoms with Gasteiger partial charge in [0.25, 0.3) is 5.91 Å². The van der Waals surface area contributed by atoms with E-state index in [-0.39, 0.29) is 48.1 Å². The number of hydrogen-bond donors (Lipinski definition) is 8. The highest BCUT2D eigenvalue weighted by atomic mass is 16.3. The summed E-state index contributed by atoms with van der Waals surface area (Å²) in [5.41, 5.74) is 2.20. The van der Waals surface area contributed by atoms with E-state index in [1.807, 2.05) is 13.8 Å². The zero-order valence-electron chi connectivity index (χ0n) is 25.0. The predicted molar refractivity (Wildman–Crippen MR) is 159 cm³/mol. The van der Waals surface area contributed by atoms with Crippen molar-refractivity contribution in [2.24, 2.45) is 35.2 Å². The predicted octanol–water partition coefficient (Wildman–Crippen LogP) is -0.523. The van der Waals surface area contributed by atoms with Crippen LogP contribution in [0.15, 0.2) is 23.0 Å². The number of hydrazine groups is 2. The fourth-order valence-electron chi connectivity index (χ4n) is 6.59. The van der Waals surface area contributed by atoms with Crippen LogP contribution in [0.1, 0.15) is 31.4 Å². The summed E-state index contributed by atoms with van der Waals surface area (Å²) in [6, 6.07) is 0.356. The summed E-state index contributed by atoms with van der Waals surface area (Å²) in [4.78, 5) is 42.7. The molecule has 0 spiro atoms. The molecule has 3 aliphatic carbocycles. The summed E-state index contributed by atoms with van der Waals surface area (Å²) >= 11 is 0. The summed E-state index contributed by atoms with van der Waals surface area (Å²) < 4.78 is 0. The van der Waals surface area contributed by atoms with Gasteiger partial charge in [0.2, 0.25) is 11.7 Å². The van der Waals surface area contributed by atoms with Crippen molar-refractivity contribution in [1.82, 2.24) is 9.91 Å². The van der Waals surface area contributed by atoms with Crippen molar-refractivity contribution in [2.75, 3.05) is 44.6 Å². The van der Waals surface area contributed by atoms with Crippen molar-refractivity contribution in [3.8, 4) is 5.75 Å². The number of benzene rings is 1. The molecular formula is C28H40N8O7. The number of nitrogens with two attached hydrogens (primary N) is 3. The molecule has 1 fully saturated rings. The third kappa shape index (κ3) is 4.68. The van der Waals surface area contributed by atoms with Crippen LogP contribution >= 0.6 is 0 Å². The second kappa shape index (κ2) is 10.8. The van der Waals surface area contributed by atoms with Gasteiger partial charge in [-0.05, 0) is 50.4 Å².